The molecule has 6 rings (SSSR count). The van der Waals surface area contributed by atoms with E-state index in [9.17, 15) is 20.1 Å². The summed E-state index contributed by atoms with van der Waals surface area (Å²) in [4.78, 5) is 13.7. The topological polar surface area (TPSA) is 151 Å². The first-order valence-electron chi connectivity index (χ1n) is 15.9. The largest absolute Gasteiger partial charge is 0.388 e. The number of rotatable bonds is 6. The third kappa shape index (κ3) is 6.91. The highest BCUT2D eigenvalue weighted by Gasteiger charge is 2.49. The Balaban J connectivity index is 1.17. The van der Waals surface area contributed by atoms with Gasteiger partial charge in [0.1, 0.15) is 35.9 Å². The molecule has 1 aromatic heterocycles. The number of hydrogen-bond donors (Lipinski definition) is 5. The van der Waals surface area contributed by atoms with E-state index in [2.05, 4.69) is 34.8 Å². The molecule has 4 aliphatic heterocycles. The molecular formula is C32H45N5O6S. The van der Waals surface area contributed by atoms with Crippen LogP contribution in [-0.2, 0) is 14.3 Å². The lowest BCUT2D eigenvalue weighted by Gasteiger charge is -2.44. The number of amides is 1. The number of ether oxygens (including phenoxy) is 2. The maximum absolute atomic E-state index is 13.7. The van der Waals surface area contributed by atoms with Crippen molar-refractivity contribution < 1.29 is 29.6 Å². The Morgan fingerprint density at radius 1 is 1.11 bits per heavy atom. The van der Waals surface area contributed by atoms with Crippen LogP contribution in [0.15, 0.2) is 48.7 Å². The number of benzene rings is 1. The molecule has 2 bridgehead atoms. The normalized spacial score (nSPS) is 37.7. The van der Waals surface area contributed by atoms with Gasteiger partial charge in [-0.05, 0) is 62.0 Å². The molecular weight excluding hydrogens is 582 g/mol. The van der Waals surface area contributed by atoms with Crippen molar-refractivity contribution in [2.75, 3.05) is 13.2 Å². The van der Waals surface area contributed by atoms with Crippen LogP contribution in [0.25, 0.3) is 5.69 Å². The molecule has 0 aliphatic carbocycles. The fraction of sp³-hybridized carbons (Fsp3) is 0.656. The zero-order valence-corrected chi connectivity index (χ0v) is 26.1. The summed E-state index contributed by atoms with van der Waals surface area (Å²) in [6, 6.07) is 8.56. The molecule has 1 aromatic carbocycles. The minimum Gasteiger partial charge on any atom is -0.388 e. The fourth-order valence-electron chi connectivity index (χ4n) is 7.14. The number of carbonyl (C=O) groups is 1. The summed E-state index contributed by atoms with van der Waals surface area (Å²) in [7, 11) is 0. The third-order valence-corrected chi connectivity index (χ3v) is 10.8. The molecule has 2 aromatic rings. The molecule has 4 aliphatic rings. The van der Waals surface area contributed by atoms with Crippen LogP contribution in [0.4, 0.5) is 0 Å². The molecule has 0 saturated carbocycles. The number of fused-ring (bicyclic) bond motifs is 3. The van der Waals surface area contributed by atoms with Crippen LogP contribution in [0.1, 0.15) is 56.9 Å². The average Bonchev–Trinajstić information content (AvgIpc) is 3.61. The smallest absolute Gasteiger partial charge is 0.240 e. The summed E-state index contributed by atoms with van der Waals surface area (Å²) in [6.45, 7) is 5.86. The van der Waals surface area contributed by atoms with Gasteiger partial charge in [0.15, 0.2) is 0 Å². The Kier molecular flexibility index (Phi) is 10.1. The summed E-state index contributed by atoms with van der Waals surface area (Å²) in [6.07, 6.45) is 4.75. The molecule has 3 saturated heterocycles. The van der Waals surface area contributed by atoms with Crippen molar-refractivity contribution in [2.45, 2.75) is 99.2 Å². The Morgan fingerprint density at radius 2 is 1.91 bits per heavy atom. The highest BCUT2D eigenvalue weighted by Crippen LogP contribution is 2.41. The Bertz CT molecular complexity index is 1280. The van der Waals surface area contributed by atoms with Crippen molar-refractivity contribution in [2.24, 2.45) is 17.8 Å². The molecule has 5 heterocycles. The molecule has 44 heavy (non-hydrogen) atoms. The molecule has 1 amide bonds. The summed E-state index contributed by atoms with van der Waals surface area (Å²) in [5.74, 6) is 1.29. The number of nitrogens with one attached hydrogen (secondary N) is 2. The maximum atomic E-state index is 13.7. The first kappa shape index (κ1) is 31.7. The molecule has 0 unspecified atom stereocenters. The second kappa shape index (κ2) is 14.0. The second-order valence-corrected chi connectivity index (χ2v) is 14.4. The quantitative estimate of drug-likeness (QED) is 0.301. The van der Waals surface area contributed by atoms with Gasteiger partial charge in [0.2, 0.25) is 5.91 Å². The molecule has 5 N–H and O–H groups in total. The minimum absolute atomic E-state index is 0.203. The van der Waals surface area contributed by atoms with E-state index in [-0.39, 0.29) is 23.2 Å². The molecule has 12 heteroatoms. The van der Waals surface area contributed by atoms with Crippen molar-refractivity contribution in [1.29, 1.82) is 0 Å². The first-order valence-corrected chi connectivity index (χ1v) is 16.9. The first-order chi connectivity index (χ1) is 21.3. The van der Waals surface area contributed by atoms with Gasteiger partial charge in [-0.2, -0.15) is 0 Å². The van der Waals surface area contributed by atoms with Gasteiger partial charge in [-0.15, -0.1) is 16.9 Å². The van der Waals surface area contributed by atoms with Crippen LogP contribution >= 0.6 is 11.8 Å². The summed E-state index contributed by atoms with van der Waals surface area (Å²) >= 11 is 1.33. The number of carbonyl (C=O) groups excluding carboxylic acids is 1. The maximum Gasteiger partial charge on any atom is 0.240 e. The predicted octanol–water partition coefficient (Wildman–Crippen LogP) is 2.11. The van der Waals surface area contributed by atoms with E-state index in [1.54, 1.807) is 4.68 Å². The highest BCUT2D eigenvalue weighted by atomic mass is 32.2. The van der Waals surface area contributed by atoms with E-state index >= 15 is 0 Å². The summed E-state index contributed by atoms with van der Waals surface area (Å²) < 4.78 is 14.3. The van der Waals surface area contributed by atoms with Crippen LogP contribution in [0.2, 0.25) is 0 Å². The van der Waals surface area contributed by atoms with Gasteiger partial charge in [-0.25, -0.2) is 4.68 Å². The van der Waals surface area contributed by atoms with Gasteiger partial charge >= 0.3 is 0 Å². The van der Waals surface area contributed by atoms with E-state index < -0.39 is 41.9 Å². The van der Waals surface area contributed by atoms with Crippen LogP contribution in [0.3, 0.4) is 0 Å². The van der Waals surface area contributed by atoms with E-state index in [0.29, 0.717) is 37.0 Å². The number of thioether (sulfide) groups is 1. The number of allylic oxidation sites excluding steroid dienone is 1. The van der Waals surface area contributed by atoms with Crippen molar-refractivity contribution in [3.8, 4) is 5.69 Å². The monoisotopic (exact) mass is 627 g/mol. The van der Waals surface area contributed by atoms with E-state index in [1.165, 1.54) is 11.8 Å². The van der Waals surface area contributed by atoms with Crippen LogP contribution in [0, 0.1) is 17.8 Å². The molecule has 3 fully saturated rings. The van der Waals surface area contributed by atoms with Crippen molar-refractivity contribution in [3.05, 3.63) is 54.4 Å². The van der Waals surface area contributed by atoms with Gasteiger partial charge in [0.25, 0.3) is 0 Å². The highest BCUT2D eigenvalue weighted by molar-refractivity contribution is 8.00. The van der Waals surface area contributed by atoms with Crippen LogP contribution in [0.5, 0.6) is 0 Å². The van der Waals surface area contributed by atoms with Gasteiger partial charge in [-0.1, -0.05) is 49.4 Å². The zero-order chi connectivity index (χ0) is 30.8. The average molecular weight is 628 g/mol. The molecule has 11 nitrogen and oxygen atoms in total. The Morgan fingerprint density at radius 3 is 2.70 bits per heavy atom. The standard InChI is InChI=1S/C32H45N5O6S/c1-18(2)14-19-12-13-42-29-20(15-19)16-33-25(29)31(41)34-22-10-6-7-11-24(44-32-28(40)26(38)27(39)30(22)43-32)23-17-37(36-35-23)21-8-4-3-5-9-21/h3-9,17-20,22,24-30,32-33,38-40H,10-16H2,1-2H3,(H,34,41)/t19-,20-,22+,24-,25-,26-,27+,28+,29+,30+,32+/m0/s1. The number of aliphatic hydroxyl groups excluding tert-OH is 3. The van der Waals surface area contributed by atoms with Gasteiger partial charge < -0.3 is 35.4 Å². The van der Waals surface area contributed by atoms with Crippen molar-refractivity contribution in [3.63, 3.8) is 0 Å². The van der Waals surface area contributed by atoms with E-state index in [4.69, 9.17) is 9.47 Å². The van der Waals surface area contributed by atoms with Crippen molar-refractivity contribution >= 4 is 17.7 Å². The summed E-state index contributed by atoms with van der Waals surface area (Å²) in [5, 5.41) is 47.8. The zero-order valence-electron chi connectivity index (χ0n) is 25.3. The molecule has 0 radical (unpaired) electrons. The summed E-state index contributed by atoms with van der Waals surface area (Å²) in [5.41, 5.74) is 0.738. The van der Waals surface area contributed by atoms with E-state index in [0.717, 1.165) is 31.5 Å². The Hall–Kier alpha value is -2.32. The lowest BCUT2D eigenvalue weighted by atomic mass is 9.85. The van der Waals surface area contributed by atoms with Crippen LogP contribution < -0.4 is 10.6 Å². The SMILES string of the molecule is CC(C)C[C@@H]1CCO[C@@H]2[C@H](CN[C@@H]2C(=O)N[C@@H]2CC=CC[C@@H](c3cn(-c4ccccc4)nn3)S[C@H]3O[C@H]2[C@H](O)[C@H](O)[C@H]3O)C1. The van der Waals surface area contributed by atoms with Gasteiger partial charge in [-0.3, -0.25) is 4.79 Å². The van der Waals surface area contributed by atoms with E-state index in [1.807, 2.05) is 48.7 Å². The Labute approximate surface area is 262 Å². The lowest BCUT2D eigenvalue weighted by Crippen LogP contribution is -2.64. The number of aromatic nitrogens is 3. The second-order valence-electron chi connectivity index (χ2n) is 13.0. The molecule has 0 spiro atoms. The minimum atomic E-state index is -1.44. The fourth-order valence-corrected chi connectivity index (χ4v) is 8.45. The molecule has 240 valence electrons. The number of hydrogen-bond acceptors (Lipinski definition) is 10. The predicted molar refractivity (Wildman–Crippen MR) is 166 cm³/mol. The third-order valence-electron chi connectivity index (χ3n) is 9.35. The van der Waals surface area contributed by atoms with Crippen molar-refractivity contribution in [1.82, 2.24) is 25.6 Å². The number of aliphatic hydroxyl groups is 3. The van der Waals surface area contributed by atoms with Gasteiger partial charge in [0, 0.05) is 13.2 Å². The molecule has 11 atom stereocenters. The van der Waals surface area contributed by atoms with Gasteiger partial charge in [0.05, 0.1) is 35.0 Å². The lowest BCUT2D eigenvalue weighted by molar-refractivity contribution is -0.205. The number of para-hydroxylation sites is 1. The number of nitrogens with zero attached hydrogens (tertiary/aromatic N) is 3. The van der Waals surface area contributed by atoms with Crippen LogP contribution in [-0.4, -0.2) is 97.4 Å².